The van der Waals surface area contributed by atoms with Crippen molar-refractivity contribution < 1.29 is 39.1 Å². The van der Waals surface area contributed by atoms with E-state index < -0.39 is 0 Å². The van der Waals surface area contributed by atoms with Gasteiger partial charge in [-0.1, -0.05) is 0 Å². The van der Waals surface area contributed by atoms with Crippen molar-refractivity contribution in [3.8, 4) is 0 Å². The molecule has 0 spiro atoms. The van der Waals surface area contributed by atoms with Crippen molar-refractivity contribution in [3.05, 3.63) is 33.3 Å². The van der Waals surface area contributed by atoms with Gasteiger partial charge in [0, 0.05) is 0 Å². The minimum absolute atomic E-state index is 0.690. The summed E-state index contributed by atoms with van der Waals surface area (Å²) in [5, 5.41) is 0. The summed E-state index contributed by atoms with van der Waals surface area (Å²) in [5.41, 5.74) is 0. The molecular weight excluding hydrogens is 278 g/mol. The van der Waals surface area contributed by atoms with Crippen LogP contribution in [0.15, 0.2) is 0 Å². The van der Waals surface area contributed by atoms with Crippen LogP contribution in [-0.4, -0.2) is 23.0 Å². The predicted molar refractivity (Wildman–Crippen MR) is 44.2 cm³/mol. The van der Waals surface area contributed by atoms with Crippen LogP contribution in [0.1, 0.15) is 0 Å². The quantitative estimate of drug-likeness (QED) is 0.384. The molecule has 0 rings (SSSR count). The summed E-state index contributed by atoms with van der Waals surface area (Å²) in [4.78, 5) is 1.79. The third-order valence-electron chi connectivity index (χ3n) is 0.352. The number of rotatable bonds is 1. The van der Waals surface area contributed by atoms with Crippen molar-refractivity contribution in [2.75, 3.05) is 14.1 Å². The summed E-state index contributed by atoms with van der Waals surface area (Å²) in [5.74, 6) is 0. The van der Waals surface area contributed by atoms with Gasteiger partial charge < -0.3 is 0 Å². The minimum atomic E-state index is 0.690. The second kappa shape index (κ2) is 89.3. The Morgan fingerprint density at radius 3 is 0.875 bits per heavy atom. The van der Waals surface area contributed by atoms with Gasteiger partial charge >= 0.3 is 107 Å². The first kappa shape index (κ1) is 36.2. The van der Waals surface area contributed by atoms with Crippen LogP contribution in [0.5, 0.6) is 0 Å². The Morgan fingerprint density at radius 2 is 0.875 bits per heavy atom. The molecule has 0 aromatic rings. The van der Waals surface area contributed by atoms with Crippen LogP contribution in [0.25, 0.3) is 0 Å². The molecule has 0 unspecified atom stereocenters. The van der Waals surface area contributed by atoms with Crippen LogP contribution in [0.2, 0.25) is 0 Å². The zero-order valence-corrected chi connectivity index (χ0v) is 10.3. The summed E-state index contributed by atoms with van der Waals surface area (Å²) >= 11 is 8.05. The normalized spacial score (nSPS) is 4.12. The number of hydrogen-bond acceptors (Lipinski definition) is 1. The van der Waals surface area contributed by atoms with Gasteiger partial charge in [-0.25, -0.2) is 0 Å². The molecule has 0 aromatic heterocycles. The molecule has 0 amide bonds. The zero-order chi connectivity index (χ0) is 15.2. The maximum atomic E-state index is 7.50. The van der Waals surface area contributed by atoms with Gasteiger partial charge in [-0.05, 0) is 0 Å². The van der Waals surface area contributed by atoms with E-state index in [1.54, 1.807) is 4.90 Å². The fraction of sp³-hybridized carbons (Fsp3) is 0.250. The third-order valence-corrected chi connectivity index (χ3v) is 1.26. The van der Waals surface area contributed by atoms with Gasteiger partial charge in [-0.3, -0.25) is 0 Å². The van der Waals surface area contributed by atoms with E-state index in [1.807, 2.05) is 14.1 Å². The van der Waals surface area contributed by atoms with Crippen molar-refractivity contribution in [2.45, 2.75) is 0 Å². The van der Waals surface area contributed by atoms with Crippen molar-refractivity contribution in [2.24, 2.45) is 0 Å². The first-order chi connectivity index (χ1) is 7.64. The van der Waals surface area contributed by atoms with E-state index in [0.717, 1.165) is 0 Å². The predicted octanol–water partition coefficient (Wildman–Crippen LogP) is 0.233. The first-order valence-corrected chi connectivity index (χ1v) is 3.55. The summed E-state index contributed by atoms with van der Waals surface area (Å²) < 4.78 is 38.2. The van der Waals surface area contributed by atoms with Crippen molar-refractivity contribution >= 4 is 15.6 Å². The second-order valence-corrected chi connectivity index (χ2v) is 2.48. The molecule has 8 heteroatoms. The Labute approximate surface area is 107 Å². The van der Waals surface area contributed by atoms with Gasteiger partial charge in [-0.15, -0.1) is 0 Å². The van der Waals surface area contributed by atoms with Crippen LogP contribution in [-0.2, 0) is 39.1 Å². The van der Waals surface area contributed by atoms with E-state index in [0.29, 0.717) is 3.96 Å². The Hall–Kier alpha value is -0.648. The van der Waals surface area contributed by atoms with Gasteiger partial charge in [0.25, 0.3) is 0 Å². The monoisotopic (exact) mass is 283 g/mol. The SMILES string of the molecule is CN(C)[C](Cl)=[Cr].[C-]#[O+].[C-]#[O+].[C-]#[O+].[C-]#[O+].[C-]#[O+]. The van der Waals surface area contributed by atoms with Gasteiger partial charge in [0.05, 0.1) is 0 Å². The molecule has 6 nitrogen and oxygen atoms in total. The van der Waals surface area contributed by atoms with E-state index in [2.05, 4.69) is 49.1 Å². The zero-order valence-electron chi connectivity index (χ0n) is 8.27. The molecule has 0 heterocycles. The van der Waals surface area contributed by atoms with E-state index in [1.165, 1.54) is 0 Å². The first-order valence-electron chi connectivity index (χ1n) is 2.53. The molecule has 0 radical (unpaired) electrons. The molecule has 0 fully saturated rings. The maximum absolute atomic E-state index is 7.50. The number of nitrogens with zero attached hydrogens (tertiary/aromatic N) is 1. The van der Waals surface area contributed by atoms with Gasteiger partial charge in [0.1, 0.15) is 0 Å². The van der Waals surface area contributed by atoms with E-state index in [-0.39, 0.29) is 0 Å². The molecule has 0 aromatic carbocycles. The molecular formula is C8H6ClCrNO5. The Bertz CT molecular complexity index is 184. The average molecular weight is 284 g/mol. The summed E-state index contributed by atoms with van der Waals surface area (Å²) in [7, 11) is 3.75. The number of halogens is 1. The standard InChI is InChI=1S/C3H6ClN.5CO.Cr/c1-5(2)3-4;5*1-2;/h1-2H3;;;;;;. The molecule has 86 valence electrons. The Kier molecular flexibility index (Phi) is 202. The van der Waals surface area contributed by atoms with Crippen molar-refractivity contribution in [1.29, 1.82) is 0 Å². The van der Waals surface area contributed by atoms with Gasteiger partial charge in [0.15, 0.2) is 0 Å². The Morgan fingerprint density at radius 1 is 0.812 bits per heavy atom. The molecule has 0 aliphatic rings. The van der Waals surface area contributed by atoms with Gasteiger partial charge in [-0.2, -0.15) is 0 Å². The molecule has 16 heavy (non-hydrogen) atoms. The van der Waals surface area contributed by atoms with Crippen LogP contribution in [0.3, 0.4) is 0 Å². The van der Waals surface area contributed by atoms with E-state index in [9.17, 15) is 0 Å². The summed E-state index contributed by atoms with van der Waals surface area (Å²) in [6.45, 7) is 22.5. The number of hydrogen-bond donors (Lipinski definition) is 0. The average Bonchev–Trinajstić information content (AvgIpc) is 2.41. The van der Waals surface area contributed by atoms with E-state index >= 15 is 0 Å². The van der Waals surface area contributed by atoms with Crippen LogP contribution in [0.4, 0.5) is 0 Å². The van der Waals surface area contributed by atoms with E-state index in [4.69, 9.17) is 34.9 Å². The summed E-state index contributed by atoms with van der Waals surface area (Å²) in [6, 6.07) is 0. The fourth-order valence-electron chi connectivity index (χ4n) is 0. The van der Waals surface area contributed by atoms with Gasteiger partial charge in [0.2, 0.25) is 0 Å². The molecule has 0 atom stereocenters. The summed E-state index contributed by atoms with van der Waals surface area (Å²) in [6.07, 6.45) is 0. The topological polar surface area (TPSA) is 103 Å². The molecule has 0 N–H and O–H groups in total. The fourth-order valence-corrected chi connectivity index (χ4v) is 0. The molecule has 0 aliphatic carbocycles. The van der Waals surface area contributed by atoms with Crippen molar-refractivity contribution in [3.63, 3.8) is 0 Å². The third kappa shape index (κ3) is 181. The van der Waals surface area contributed by atoms with Crippen LogP contribution < -0.4 is 0 Å². The van der Waals surface area contributed by atoms with Crippen LogP contribution >= 0.6 is 11.6 Å². The Balaban J connectivity index is -0.0000000214. The van der Waals surface area contributed by atoms with Crippen LogP contribution in [0, 0.1) is 33.3 Å². The van der Waals surface area contributed by atoms with Crippen molar-refractivity contribution in [1.82, 2.24) is 4.90 Å². The second-order valence-electron chi connectivity index (χ2n) is 1.15. The molecule has 0 saturated carbocycles. The molecule has 0 bridgehead atoms. The molecule has 0 saturated heterocycles. The molecule has 0 aliphatic heterocycles.